The summed E-state index contributed by atoms with van der Waals surface area (Å²) in [6.07, 6.45) is 0. The number of nitrogens with zero attached hydrogens (tertiary/aromatic N) is 1. The van der Waals surface area contributed by atoms with E-state index in [1.54, 1.807) is 0 Å². The molecular formula is C52H41N. The molecule has 0 N–H and O–H groups in total. The Balaban J connectivity index is 1.23. The van der Waals surface area contributed by atoms with E-state index in [2.05, 4.69) is 209 Å². The number of rotatable bonds is 5. The Bertz CT molecular complexity index is 2660. The van der Waals surface area contributed by atoms with Gasteiger partial charge in [-0.15, -0.1) is 0 Å². The summed E-state index contributed by atoms with van der Waals surface area (Å²) in [5.41, 5.74) is 18.9. The number of fused-ring (bicyclic) bond motifs is 7. The number of benzene rings is 8. The third kappa shape index (κ3) is 4.91. The van der Waals surface area contributed by atoms with Gasteiger partial charge in [0.25, 0.3) is 0 Å². The summed E-state index contributed by atoms with van der Waals surface area (Å²) in [5.74, 6) is 0. The van der Waals surface area contributed by atoms with Gasteiger partial charge in [-0.2, -0.15) is 0 Å². The first-order chi connectivity index (χ1) is 25.8. The smallest absolute Gasteiger partial charge is 0.0473 e. The topological polar surface area (TPSA) is 3.24 Å². The summed E-state index contributed by atoms with van der Waals surface area (Å²) in [7, 11) is 0. The van der Waals surface area contributed by atoms with Crippen LogP contribution in [0.15, 0.2) is 176 Å². The van der Waals surface area contributed by atoms with E-state index in [0.29, 0.717) is 0 Å². The molecule has 8 aromatic rings. The fourth-order valence-electron chi connectivity index (χ4n) is 9.19. The zero-order chi connectivity index (χ0) is 35.9. The maximum absolute atomic E-state index is 2.49. The summed E-state index contributed by atoms with van der Waals surface area (Å²) in [6.45, 7) is 9.46. The molecule has 53 heavy (non-hydrogen) atoms. The fraction of sp³-hybridized carbons (Fsp3) is 0.115. The van der Waals surface area contributed by atoms with Crippen molar-refractivity contribution in [3.05, 3.63) is 198 Å². The molecule has 0 spiro atoms. The molecule has 1 heteroatoms. The second-order valence-corrected chi connectivity index (χ2v) is 15.8. The average Bonchev–Trinajstić information content (AvgIpc) is 3.56. The Kier molecular flexibility index (Phi) is 6.94. The van der Waals surface area contributed by atoms with Crippen LogP contribution in [0.25, 0.3) is 55.3 Å². The number of anilines is 3. The van der Waals surface area contributed by atoms with Gasteiger partial charge < -0.3 is 4.90 Å². The van der Waals surface area contributed by atoms with Crippen molar-refractivity contribution >= 4 is 27.8 Å². The molecule has 254 valence electrons. The quantitative estimate of drug-likeness (QED) is 0.175. The summed E-state index contributed by atoms with van der Waals surface area (Å²) < 4.78 is 0. The highest BCUT2D eigenvalue weighted by Gasteiger charge is 2.38. The monoisotopic (exact) mass is 679 g/mol. The minimum Gasteiger partial charge on any atom is -0.310 e. The van der Waals surface area contributed by atoms with Crippen molar-refractivity contribution in [1.29, 1.82) is 0 Å². The maximum atomic E-state index is 2.49. The van der Waals surface area contributed by atoms with Gasteiger partial charge in [-0.25, -0.2) is 0 Å². The molecule has 8 aromatic carbocycles. The summed E-state index contributed by atoms with van der Waals surface area (Å²) in [5, 5.41) is 2.57. The van der Waals surface area contributed by atoms with E-state index in [9.17, 15) is 0 Å². The molecule has 0 amide bonds. The van der Waals surface area contributed by atoms with Gasteiger partial charge in [0.1, 0.15) is 0 Å². The van der Waals surface area contributed by atoms with Crippen molar-refractivity contribution in [1.82, 2.24) is 0 Å². The van der Waals surface area contributed by atoms with Crippen LogP contribution in [0.5, 0.6) is 0 Å². The zero-order valence-corrected chi connectivity index (χ0v) is 30.7. The van der Waals surface area contributed by atoms with Gasteiger partial charge in [-0.3, -0.25) is 0 Å². The molecular weight excluding hydrogens is 639 g/mol. The third-order valence-electron chi connectivity index (χ3n) is 12.0. The Morgan fingerprint density at radius 2 is 0.755 bits per heavy atom. The number of hydrogen-bond acceptors (Lipinski definition) is 1. The summed E-state index contributed by atoms with van der Waals surface area (Å²) in [6, 6.07) is 65.4. The van der Waals surface area contributed by atoms with Crippen LogP contribution < -0.4 is 4.90 Å². The first-order valence-electron chi connectivity index (χ1n) is 18.8. The second-order valence-electron chi connectivity index (χ2n) is 15.8. The van der Waals surface area contributed by atoms with Crippen LogP contribution in [0.2, 0.25) is 0 Å². The van der Waals surface area contributed by atoms with E-state index in [-0.39, 0.29) is 10.8 Å². The average molecular weight is 680 g/mol. The second kappa shape index (κ2) is 11.7. The highest BCUT2D eigenvalue weighted by Crippen LogP contribution is 2.54. The van der Waals surface area contributed by atoms with E-state index >= 15 is 0 Å². The highest BCUT2D eigenvalue weighted by atomic mass is 15.1. The van der Waals surface area contributed by atoms with Gasteiger partial charge in [0.05, 0.1) is 0 Å². The van der Waals surface area contributed by atoms with E-state index in [1.807, 2.05) is 0 Å². The largest absolute Gasteiger partial charge is 0.310 e. The molecule has 0 saturated carbocycles. The lowest BCUT2D eigenvalue weighted by Crippen LogP contribution is -2.16. The van der Waals surface area contributed by atoms with Crippen molar-refractivity contribution in [3.63, 3.8) is 0 Å². The molecule has 0 aliphatic heterocycles. The van der Waals surface area contributed by atoms with Crippen LogP contribution in [-0.2, 0) is 10.8 Å². The molecule has 0 heterocycles. The van der Waals surface area contributed by atoms with Crippen LogP contribution in [0, 0.1) is 0 Å². The lowest BCUT2D eigenvalue weighted by atomic mass is 9.82. The lowest BCUT2D eigenvalue weighted by molar-refractivity contribution is 0.660. The van der Waals surface area contributed by atoms with E-state index < -0.39 is 0 Å². The predicted octanol–water partition coefficient (Wildman–Crippen LogP) is 14.3. The van der Waals surface area contributed by atoms with Crippen LogP contribution in [-0.4, -0.2) is 0 Å². The van der Waals surface area contributed by atoms with E-state index in [0.717, 1.165) is 17.1 Å². The maximum Gasteiger partial charge on any atom is 0.0473 e. The third-order valence-corrected chi connectivity index (χ3v) is 12.0. The SMILES string of the molecule is CC1(C)c2ccccc2-c2cc(N(c3cc(-c4ccccc4)cc(-c4ccccc4)c3)c3ccc4c(c3)-c3cc5ccccc5cc3C4(C)C)ccc21. The van der Waals surface area contributed by atoms with Gasteiger partial charge in [0, 0.05) is 27.9 Å². The van der Waals surface area contributed by atoms with Crippen molar-refractivity contribution < 1.29 is 0 Å². The van der Waals surface area contributed by atoms with Crippen molar-refractivity contribution in [2.45, 2.75) is 38.5 Å². The molecule has 0 fully saturated rings. The minimum absolute atomic E-state index is 0.0609. The molecule has 0 bridgehead atoms. The summed E-state index contributed by atoms with van der Waals surface area (Å²) in [4.78, 5) is 2.49. The van der Waals surface area contributed by atoms with E-state index in [4.69, 9.17) is 0 Å². The van der Waals surface area contributed by atoms with Gasteiger partial charge in [-0.1, -0.05) is 149 Å². The van der Waals surface area contributed by atoms with Gasteiger partial charge in [0.15, 0.2) is 0 Å². The molecule has 2 aliphatic rings. The van der Waals surface area contributed by atoms with Crippen molar-refractivity contribution in [3.8, 4) is 44.5 Å². The number of hydrogen-bond donors (Lipinski definition) is 0. The Morgan fingerprint density at radius 3 is 1.36 bits per heavy atom. The van der Waals surface area contributed by atoms with Crippen LogP contribution in [0.4, 0.5) is 17.1 Å². The standard InChI is InChI=1S/C52H41N/c1-51(2)47-22-14-13-21-43(47)45-32-40(23-25-48(45)51)53(42-28-38(34-15-7-5-8-16-34)27-39(29-42)35-17-9-6-10-18-35)41-24-26-49-46(33-41)44-30-36-19-11-12-20-37(36)31-50(44)52(49,3)4/h5-33H,1-4H3. The lowest BCUT2D eigenvalue weighted by Gasteiger charge is -2.29. The van der Waals surface area contributed by atoms with Gasteiger partial charge >= 0.3 is 0 Å². The first-order valence-corrected chi connectivity index (χ1v) is 18.8. The Labute approximate surface area is 312 Å². The first kappa shape index (κ1) is 31.5. The zero-order valence-electron chi connectivity index (χ0n) is 30.7. The van der Waals surface area contributed by atoms with Gasteiger partial charge in [-0.05, 0) is 132 Å². The molecule has 0 atom stereocenters. The van der Waals surface area contributed by atoms with Crippen LogP contribution in [0.1, 0.15) is 49.9 Å². The molecule has 2 aliphatic carbocycles. The van der Waals surface area contributed by atoms with E-state index in [1.165, 1.54) is 77.5 Å². The molecule has 10 rings (SSSR count). The van der Waals surface area contributed by atoms with Crippen molar-refractivity contribution in [2.24, 2.45) is 0 Å². The normalized spacial score (nSPS) is 14.3. The Hall–Kier alpha value is -6.18. The van der Waals surface area contributed by atoms with Crippen LogP contribution in [0.3, 0.4) is 0 Å². The molecule has 0 radical (unpaired) electrons. The molecule has 0 saturated heterocycles. The highest BCUT2D eigenvalue weighted by molar-refractivity contribution is 5.96. The molecule has 0 unspecified atom stereocenters. The predicted molar refractivity (Wildman–Crippen MR) is 225 cm³/mol. The van der Waals surface area contributed by atoms with Crippen molar-refractivity contribution in [2.75, 3.05) is 4.90 Å². The van der Waals surface area contributed by atoms with Gasteiger partial charge in [0.2, 0.25) is 0 Å². The van der Waals surface area contributed by atoms with Crippen LogP contribution >= 0.6 is 0 Å². The Morgan fingerprint density at radius 1 is 0.302 bits per heavy atom. The molecule has 1 nitrogen and oxygen atoms in total. The molecule has 0 aromatic heterocycles. The minimum atomic E-state index is -0.103. The fourth-order valence-corrected chi connectivity index (χ4v) is 9.19. The summed E-state index contributed by atoms with van der Waals surface area (Å²) >= 11 is 0.